The predicted octanol–water partition coefficient (Wildman–Crippen LogP) is 1.13. The van der Waals surface area contributed by atoms with Crippen molar-refractivity contribution in [3.63, 3.8) is 0 Å². The molecule has 96 valence electrons. The lowest BCUT2D eigenvalue weighted by molar-refractivity contribution is -0.147. The molecule has 0 N–H and O–H groups in total. The Morgan fingerprint density at radius 2 is 1.76 bits per heavy atom. The van der Waals surface area contributed by atoms with Crippen molar-refractivity contribution < 1.29 is 23.8 Å². The molecule has 0 saturated carbocycles. The first-order chi connectivity index (χ1) is 8.01. The Morgan fingerprint density at radius 1 is 1.18 bits per heavy atom. The van der Waals surface area contributed by atoms with Gasteiger partial charge in [-0.05, 0) is 6.92 Å². The van der Waals surface area contributed by atoms with E-state index in [9.17, 15) is 9.59 Å². The van der Waals surface area contributed by atoms with Crippen LogP contribution in [0.15, 0.2) is 11.5 Å². The molecule has 6 heteroatoms. The van der Waals surface area contributed by atoms with Crippen LogP contribution in [0.1, 0.15) is 13.3 Å². The molecule has 17 heavy (non-hydrogen) atoms. The highest BCUT2D eigenvalue weighted by molar-refractivity contribution is 8.02. The highest BCUT2D eigenvalue weighted by Crippen LogP contribution is 2.41. The Balaban J connectivity index is 3.11. The van der Waals surface area contributed by atoms with Crippen molar-refractivity contribution in [2.24, 2.45) is 0 Å². The van der Waals surface area contributed by atoms with Crippen LogP contribution in [0.2, 0.25) is 0 Å². The second-order valence-corrected chi connectivity index (χ2v) is 4.87. The molecule has 0 amide bonds. The number of hydrogen-bond donors (Lipinski definition) is 0. The summed E-state index contributed by atoms with van der Waals surface area (Å²) in [6.07, 6.45) is 0.166. The van der Waals surface area contributed by atoms with Gasteiger partial charge in [0.15, 0.2) is 10.5 Å². The van der Waals surface area contributed by atoms with Crippen LogP contribution in [0.5, 0.6) is 0 Å². The maximum atomic E-state index is 11.8. The van der Waals surface area contributed by atoms with Crippen molar-refractivity contribution in [3.8, 4) is 0 Å². The highest BCUT2D eigenvalue weighted by Gasteiger charge is 2.49. The quantitative estimate of drug-likeness (QED) is 0.558. The number of ketones is 1. The van der Waals surface area contributed by atoms with E-state index in [1.165, 1.54) is 40.0 Å². The number of carbonyl (C=O) groups is 2. The zero-order chi connectivity index (χ0) is 13.1. The standard InChI is InChI=1S/C11H16O5S/c1-7(12)11(10(13)16-4)5-8(14-2)9(15-3)6-17-11/h5-6H2,1-4H3. The predicted molar refractivity (Wildman–Crippen MR) is 63.5 cm³/mol. The minimum Gasteiger partial charge on any atom is -0.497 e. The second kappa shape index (κ2) is 5.44. The number of ether oxygens (including phenoxy) is 3. The van der Waals surface area contributed by atoms with E-state index in [2.05, 4.69) is 0 Å². The van der Waals surface area contributed by atoms with E-state index in [4.69, 9.17) is 14.2 Å². The van der Waals surface area contributed by atoms with Gasteiger partial charge < -0.3 is 14.2 Å². The molecular weight excluding hydrogens is 244 g/mol. The van der Waals surface area contributed by atoms with Gasteiger partial charge in [-0.3, -0.25) is 9.59 Å². The van der Waals surface area contributed by atoms with Crippen LogP contribution in [0, 0.1) is 0 Å². The summed E-state index contributed by atoms with van der Waals surface area (Å²) in [7, 11) is 4.30. The number of methoxy groups -OCH3 is 3. The monoisotopic (exact) mass is 260 g/mol. The van der Waals surface area contributed by atoms with Crippen molar-refractivity contribution in [2.75, 3.05) is 27.1 Å². The molecule has 0 bridgehead atoms. The smallest absolute Gasteiger partial charge is 0.330 e. The summed E-state index contributed by atoms with van der Waals surface area (Å²) >= 11 is 1.22. The minimum absolute atomic E-state index is 0.166. The van der Waals surface area contributed by atoms with Crippen LogP contribution in [0.4, 0.5) is 0 Å². The van der Waals surface area contributed by atoms with Crippen molar-refractivity contribution in [2.45, 2.75) is 18.1 Å². The molecule has 0 spiro atoms. The first-order valence-corrected chi connectivity index (χ1v) is 6.03. The van der Waals surface area contributed by atoms with E-state index < -0.39 is 10.7 Å². The summed E-state index contributed by atoms with van der Waals surface area (Å²) in [5, 5.41) is 0. The normalized spacial score (nSPS) is 24.2. The number of Topliss-reactive ketones (excluding diaryl/α,β-unsaturated/α-hetero) is 1. The molecule has 5 nitrogen and oxygen atoms in total. The third-order valence-corrected chi connectivity index (χ3v) is 4.24. The Hall–Kier alpha value is -1.17. The molecule has 1 rings (SSSR count). The van der Waals surface area contributed by atoms with Gasteiger partial charge in [-0.2, -0.15) is 0 Å². The summed E-state index contributed by atoms with van der Waals surface area (Å²) in [5.74, 6) is 0.804. The molecular formula is C11H16O5S. The van der Waals surface area contributed by atoms with Gasteiger partial charge in [0.1, 0.15) is 11.5 Å². The average molecular weight is 260 g/mol. The largest absolute Gasteiger partial charge is 0.497 e. The van der Waals surface area contributed by atoms with Crippen molar-refractivity contribution in [1.82, 2.24) is 0 Å². The summed E-state index contributed by atoms with van der Waals surface area (Å²) in [6.45, 7) is 1.38. The Bertz CT molecular complexity index is 363. The van der Waals surface area contributed by atoms with Gasteiger partial charge in [0.2, 0.25) is 0 Å². The lowest BCUT2D eigenvalue weighted by atomic mass is 9.97. The third kappa shape index (κ3) is 2.41. The third-order valence-electron chi connectivity index (χ3n) is 2.75. The minimum atomic E-state index is -1.21. The first-order valence-electron chi connectivity index (χ1n) is 5.05. The molecule has 1 heterocycles. The maximum Gasteiger partial charge on any atom is 0.330 e. The fourth-order valence-corrected chi connectivity index (χ4v) is 2.96. The molecule has 0 fully saturated rings. The fraction of sp³-hybridized carbons (Fsp3) is 0.636. The Kier molecular flexibility index (Phi) is 4.45. The van der Waals surface area contributed by atoms with E-state index in [0.717, 1.165) is 0 Å². The Morgan fingerprint density at radius 3 is 2.18 bits per heavy atom. The zero-order valence-electron chi connectivity index (χ0n) is 10.4. The lowest BCUT2D eigenvalue weighted by Crippen LogP contribution is -2.46. The highest BCUT2D eigenvalue weighted by atomic mass is 32.2. The molecule has 0 aromatic carbocycles. The van der Waals surface area contributed by atoms with E-state index in [0.29, 0.717) is 17.3 Å². The van der Waals surface area contributed by atoms with E-state index in [1.54, 1.807) is 0 Å². The van der Waals surface area contributed by atoms with Crippen LogP contribution in [0.3, 0.4) is 0 Å². The number of carbonyl (C=O) groups excluding carboxylic acids is 2. The van der Waals surface area contributed by atoms with Crippen molar-refractivity contribution in [1.29, 1.82) is 0 Å². The van der Waals surface area contributed by atoms with E-state index >= 15 is 0 Å². The van der Waals surface area contributed by atoms with Crippen LogP contribution >= 0.6 is 11.8 Å². The molecule has 0 aliphatic carbocycles. The topological polar surface area (TPSA) is 61.8 Å². The maximum absolute atomic E-state index is 11.8. The molecule has 1 atom stereocenters. The van der Waals surface area contributed by atoms with Gasteiger partial charge in [-0.15, -0.1) is 11.8 Å². The van der Waals surface area contributed by atoms with Crippen molar-refractivity contribution >= 4 is 23.5 Å². The van der Waals surface area contributed by atoms with Gasteiger partial charge in [-0.1, -0.05) is 0 Å². The van der Waals surface area contributed by atoms with Gasteiger partial charge in [0, 0.05) is 6.42 Å². The van der Waals surface area contributed by atoms with Crippen LogP contribution in [0.25, 0.3) is 0 Å². The molecule has 1 aliphatic heterocycles. The summed E-state index contributed by atoms with van der Waals surface area (Å²) in [5.41, 5.74) is 0. The number of rotatable bonds is 4. The van der Waals surface area contributed by atoms with E-state index in [-0.39, 0.29) is 12.2 Å². The molecule has 0 aromatic heterocycles. The SMILES string of the molecule is COC(=O)C1(C(C)=O)CC(OC)=C(OC)CS1. The van der Waals surface area contributed by atoms with Crippen LogP contribution < -0.4 is 0 Å². The number of esters is 1. The van der Waals surface area contributed by atoms with Gasteiger partial charge in [0.25, 0.3) is 0 Å². The molecule has 1 aliphatic rings. The van der Waals surface area contributed by atoms with Crippen LogP contribution in [-0.4, -0.2) is 43.6 Å². The summed E-state index contributed by atoms with van der Waals surface area (Å²) < 4.78 is 13.8. The van der Waals surface area contributed by atoms with Crippen molar-refractivity contribution in [3.05, 3.63) is 11.5 Å². The van der Waals surface area contributed by atoms with E-state index in [1.807, 2.05) is 0 Å². The molecule has 1 unspecified atom stereocenters. The number of allylic oxidation sites excluding steroid dienone is 1. The second-order valence-electron chi connectivity index (χ2n) is 3.59. The molecule has 0 aromatic rings. The lowest BCUT2D eigenvalue weighted by Gasteiger charge is -2.32. The number of hydrogen-bond acceptors (Lipinski definition) is 6. The number of thioether (sulfide) groups is 1. The summed E-state index contributed by atoms with van der Waals surface area (Å²) in [6, 6.07) is 0. The van der Waals surface area contributed by atoms with Gasteiger partial charge >= 0.3 is 5.97 Å². The zero-order valence-corrected chi connectivity index (χ0v) is 11.2. The first kappa shape index (κ1) is 13.9. The van der Waals surface area contributed by atoms with Gasteiger partial charge in [0.05, 0.1) is 27.1 Å². The molecule has 0 radical (unpaired) electrons. The Labute approximate surface area is 104 Å². The van der Waals surface area contributed by atoms with Crippen LogP contribution in [-0.2, 0) is 23.8 Å². The summed E-state index contributed by atoms with van der Waals surface area (Å²) in [4.78, 5) is 23.5. The molecule has 0 saturated heterocycles. The average Bonchev–Trinajstić information content (AvgIpc) is 2.36. The fourth-order valence-electron chi connectivity index (χ4n) is 1.67. The van der Waals surface area contributed by atoms with Gasteiger partial charge in [-0.25, -0.2) is 0 Å².